The molecule has 2 aromatic rings. The van der Waals surface area contributed by atoms with Crippen LogP contribution in [0, 0.1) is 5.92 Å². The second-order valence-electron chi connectivity index (χ2n) is 5.17. The zero-order valence-corrected chi connectivity index (χ0v) is 14.7. The molecule has 1 atom stereocenters. The highest BCUT2D eigenvalue weighted by molar-refractivity contribution is 5.85. The van der Waals surface area contributed by atoms with E-state index in [9.17, 15) is 4.79 Å². The number of hydrogen-bond donors (Lipinski definition) is 2. The molecule has 0 bridgehead atoms. The Balaban J connectivity index is 0.00000220. The largest absolute Gasteiger partial charge is 0.356 e. The highest BCUT2D eigenvalue weighted by atomic mass is 35.5. The van der Waals surface area contributed by atoms with Crippen LogP contribution in [0.5, 0.6) is 0 Å². The number of hydrogen-bond acceptors (Lipinski definition) is 2. The lowest BCUT2D eigenvalue weighted by atomic mass is 10.1. The lowest BCUT2D eigenvalue weighted by Gasteiger charge is -2.12. The summed E-state index contributed by atoms with van der Waals surface area (Å²) in [7, 11) is 1.86. The molecule has 0 aliphatic rings. The van der Waals surface area contributed by atoms with Crippen molar-refractivity contribution < 1.29 is 4.79 Å². The fourth-order valence-corrected chi connectivity index (χ4v) is 2.37. The van der Waals surface area contributed by atoms with Crippen LogP contribution in [-0.2, 0) is 11.3 Å². The summed E-state index contributed by atoms with van der Waals surface area (Å²) in [5.41, 5.74) is 1.25. The predicted octanol–water partition coefficient (Wildman–Crippen LogP) is 2.85. The van der Waals surface area contributed by atoms with E-state index in [1.165, 1.54) is 10.9 Å². The first kappa shape index (κ1) is 20.8. The van der Waals surface area contributed by atoms with E-state index in [2.05, 4.69) is 51.7 Å². The fourth-order valence-electron chi connectivity index (χ4n) is 2.37. The predicted molar refractivity (Wildman–Crippen MR) is 97.2 cm³/mol. The maximum absolute atomic E-state index is 11.7. The summed E-state index contributed by atoms with van der Waals surface area (Å²) in [6, 6.07) is 10.5. The Kier molecular flexibility index (Phi) is 9.90. The van der Waals surface area contributed by atoms with E-state index in [1.54, 1.807) is 0 Å². The van der Waals surface area contributed by atoms with Crippen LogP contribution in [0.4, 0.5) is 0 Å². The van der Waals surface area contributed by atoms with Crippen LogP contribution in [0.3, 0.4) is 0 Å². The van der Waals surface area contributed by atoms with Crippen molar-refractivity contribution in [3.8, 4) is 0 Å². The van der Waals surface area contributed by atoms with Crippen molar-refractivity contribution in [3.63, 3.8) is 0 Å². The minimum absolute atomic E-state index is 0. The summed E-state index contributed by atoms with van der Waals surface area (Å²) in [5, 5.41) is 7.26. The van der Waals surface area contributed by atoms with Crippen LogP contribution in [0.2, 0.25) is 0 Å². The van der Waals surface area contributed by atoms with Gasteiger partial charge in [0.1, 0.15) is 0 Å². The summed E-state index contributed by atoms with van der Waals surface area (Å²) < 4.78 is 2.23. The molecule has 0 spiro atoms. The maximum atomic E-state index is 11.7. The lowest BCUT2D eigenvalue weighted by Crippen LogP contribution is -2.35. The van der Waals surface area contributed by atoms with E-state index in [0.717, 1.165) is 19.5 Å². The monoisotopic (exact) mass is 345 g/mol. The molecule has 124 valence electrons. The summed E-state index contributed by atoms with van der Waals surface area (Å²) in [6.07, 6.45) is 3.05. The molecule has 1 amide bonds. The molecule has 4 nitrogen and oxygen atoms in total. The molecule has 1 unspecified atom stereocenters. The van der Waals surface area contributed by atoms with E-state index in [4.69, 9.17) is 0 Å². The topological polar surface area (TPSA) is 46.1 Å². The third-order valence-corrected chi connectivity index (χ3v) is 3.51. The first-order valence-corrected chi connectivity index (χ1v) is 7.18. The number of carbonyl (C=O) groups excluding carboxylic acids is 1. The Hall–Kier alpha value is -1.23. The highest BCUT2D eigenvalue weighted by Gasteiger charge is 2.10. The van der Waals surface area contributed by atoms with Gasteiger partial charge >= 0.3 is 0 Å². The molecule has 22 heavy (non-hydrogen) atoms. The van der Waals surface area contributed by atoms with Crippen LogP contribution < -0.4 is 10.6 Å². The quantitative estimate of drug-likeness (QED) is 0.758. The smallest absolute Gasteiger partial charge is 0.224 e. The first-order valence-electron chi connectivity index (χ1n) is 7.18. The number of rotatable bonds is 7. The number of benzene rings is 1. The Bertz CT molecular complexity index is 571. The molecule has 0 aliphatic carbocycles. The zero-order valence-electron chi connectivity index (χ0n) is 13.0. The summed E-state index contributed by atoms with van der Waals surface area (Å²) in [4.78, 5) is 11.7. The molecule has 0 radical (unpaired) electrons. The zero-order chi connectivity index (χ0) is 14.4. The van der Waals surface area contributed by atoms with Gasteiger partial charge < -0.3 is 15.2 Å². The molecular weight excluding hydrogens is 321 g/mol. The number of halogens is 2. The molecule has 2 rings (SSSR count). The average molecular weight is 346 g/mol. The summed E-state index contributed by atoms with van der Waals surface area (Å²) in [5.74, 6) is 0.143. The van der Waals surface area contributed by atoms with Gasteiger partial charge in [0, 0.05) is 37.3 Å². The van der Waals surface area contributed by atoms with E-state index in [0.29, 0.717) is 6.54 Å². The highest BCUT2D eigenvalue weighted by Crippen LogP contribution is 2.15. The minimum Gasteiger partial charge on any atom is -0.356 e. The van der Waals surface area contributed by atoms with Crippen LogP contribution in [0.25, 0.3) is 10.9 Å². The van der Waals surface area contributed by atoms with Gasteiger partial charge in [-0.2, -0.15) is 0 Å². The van der Waals surface area contributed by atoms with Crippen LogP contribution in [-0.4, -0.2) is 30.6 Å². The Morgan fingerprint density at radius 3 is 2.68 bits per heavy atom. The first-order chi connectivity index (χ1) is 9.72. The number of aromatic nitrogens is 1. The number of fused-ring (bicyclic) bond motifs is 1. The number of nitrogens with zero attached hydrogens (tertiary/aromatic N) is 1. The SMILES string of the molecule is CNCC(C)C(=O)NCCCn1ccc2ccccc21.Cl.Cl. The Labute approximate surface area is 144 Å². The van der Waals surface area contributed by atoms with Gasteiger partial charge in [0.2, 0.25) is 5.91 Å². The molecule has 0 saturated carbocycles. The minimum atomic E-state index is 0. The van der Waals surface area contributed by atoms with Gasteiger partial charge in [-0.15, -0.1) is 24.8 Å². The summed E-state index contributed by atoms with van der Waals surface area (Å²) in [6.45, 7) is 4.30. The molecule has 0 aliphatic heterocycles. The van der Waals surface area contributed by atoms with Gasteiger partial charge in [0.05, 0.1) is 0 Å². The van der Waals surface area contributed by atoms with E-state index < -0.39 is 0 Å². The average Bonchev–Trinajstić information content (AvgIpc) is 2.87. The molecule has 6 heteroatoms. The second-order valence-corrected chi connectivity index (χ2v) is 5.17. The maximum Gasteiger partial charge on any atom is 0.224 e. The number of para-hydroxylation sites is 1. The second kappa shape index (κ2) is 10.5. The van der Waals surface area contributed by atoms with E-state index in [1.807, 2.05) is 14.0 Å². The molecule has 0 fully saturated rings. The van der Waals surface area contributed by atoms with Crippen molar-refractivity contribution >= 4 is 41.6 Å². The number of nitrogens with one attached hydrogen (secondary N) is 2. The van der Waals surface area contributed by atoms with Crippen molar-refractivity contribution in [2.45, 2.75) is 19.9 Å². The third kappa shape index (κ3) is 5.52. The van der Waals surface area contributed by atoms with Gasteiger partial charge in [-0.1, -0.05) is 25.1 Å². The van der Waals surface area contributed by atoms with Gasteiger partial charge in [0.15, 0.2) is 0 Å². The molecule has 1 aromatic carbocycles. The summed E-state index contributed by atoms with van der Waals surface area (Å²) >= 11 is 0. The number of aryl methyl sites for hydroxylation is 1. The van der Waals surface area contributed by atoms with Crippen molar-refractivity contribution in [1.29, 1.82) is 0 Å². The standard InChI is InChI=1S/C16H23N3O.2ClH/c1-13(12-17-2)16(20)18-9-5-10-19-11-8-14-6-3-4-7-15(14)19;;/h3-4,6-8,11,13,17H,5,9-10,12H2,1-2H3,(H,18,20);2*1H. The molecule has 1 heterocycles. The molecule has 0 saturated heterocycles. The third-order valence-electron chi connectivity index (χ3n) is 3.51. The lowest BCUT2D eigenvalue weighted by molar-refractivity contribution is -0.124. The number of carbonyl (C=O) groups is 1. The van der Waals surface area contributed by atoms with Crippen molar-refractivity contribution in [3.05, 3.63) is 36.5 Å². The van der Waals surface area contributed by atoms with Crippen molar-refractivity contribution in [2.24, 2.45) is 5.92 Å². The molecular formula is C16H25Cl2N3O. The van der Waals surface area contributed by atoms with Crippen molar-refractivity contribution in [2.75, 3.05) is 20.1 Å². The molecule has 1 aromatic heterocycles. The Morgan fingerprint density at radius 2 is 1.95 bits per heavy atom. The van der Waals surface area contributed by atoms with Gasteiger partial charge in [0.25, 0.3) is 0 Å². The van der Waals surface area contributed by atoms with Crippen LogP contribution >= 0.6 is 24.8 Å². The van der Waals surface area contributed by atoms with Gasteiger partial charge in [-0.25, -0.2) is 0 Å². The van der Waals surface area contributed by atoms with Gasteiger partial charge in [-0.3, -0.25) is 4.79 Å². The Morgan fingerprint density at radius 1 is 1.23 bits per heavy atom. The van der Waals surface area contributed by atoms with Gasteiger partial charge in [-0.05, 0) is 31.0 Å². The van der Waals surface area contributed by atoms with E-state index >= 15 is 0 Å². The normalized spacial score (nSPS) is 11.4. The van der Waals surface area contributed by atoms with Crippen molar-refractivity contribution in [1.82, 2.24) is 15.2 Å². The van der Waals surface area contributed by atoms with Crippen LogP contribution in [0.1, 0.15) is 13.3 Å². The van der Waals surface area contributed by atoms with E-state index in [-0.39, 0.29) is 36.6 Å². The fraction of sp³-hybridized carbons (Fsp3) is 0.438. The number of amides is 1. The molecule has 2 N–H and O–H groups in total. The van der Waals surface area contributed by atoms with Crippen LogP contribution in [0.15, 0.2) is 36.5 Å².